The molecule has 0 aliphatic heterocycles. The first-order chi connectivity index (χ1) is 8.52. The molecule has 2 N–H and O–H groups in total. The van der Waals surface area contributed by atoms with Crippen LogP contribution in [0.1, 0.15) is 38.2 Å². The van der Waals surface area contributed by atoms with Gasteiger partial charge in [-0.3, -0.25) is 5.32 Å². The summed E-state index contributed by atoms with van der Waals surface area (Å²) in [6.45, 7) is 1.64. The summed E-state index contributed by atoms with van der Waals surface area (Å²) in [5.41, 5.74) is -0.564. The minimum absolute atomic E-state index is 0.233. The third-order valence-corrected chi connectivity index (χ3v) is 3.70. The predicted molar refractivity (Wildman–Crippen MR) is 66.8 cm³/mol. The third-order valence-electron chi connectivity index (χ3n) is 3.70. The molecule has 1 aromatic rings. The highest BCUT2D eigenvalue weighted by Gasteiger charge is 2.37. The molecule has 0 radical (unpaired) electrons. The second-order valence-corrected chi connectivity index (χ2v) is 5.06. The Labute approximate surface area is 106 Å². The van der Waals surface area contributed by atoms with Gasteiger partial charge in [-0.25, -0.2) is 9.18 Å². The number of rotatable bonds is 4. The van der Waals surface area contributed by atoms with Crippen LogP contribution < -0.4 is 5.32 Å². The molecule has 1 aliphatic rings. The molecule has 0 aromatic heterocycles. The molecule has 0 heterocycles. The lowest BCUT2D eigenvalue weighted by atomic mass is 9.91. The van der Waals surface area contributed by atoms with E-state index in [9.17, 15) is 14.3 Å². The summed E-state index contributed by atoms with van der Waals surface area (Å²) in [5, 5.41) is 12.7. The van der Waals surface area contributed by atoms with Gasteiger partial charge in [0.2, 0.25) is 0 Å². The zero-order chi connectivity index (χ0) is 13.2. The highest BCUT2D eigenvalue weighted by molar-refractivity contribution is 5.80. The van der Waals surface area contributed by atoms with E-state index in [1.54, 1.807) is 6.92 Å². The van der Waals surface area contributed by atoms with Crippen LogP contribution in [0, 0.1) is 5.82 Å². The summed E-state index contributed by atoms with van der Waals surface area (Å²) < 4.78 is 12.9. The van der Waals surface area contributed by atoms with Crippen molar-refractivity contribution in [2.75, 3.05) is 0 Å². The molecule has 2 rings (SSSR count). The Morgan fingerprint density at radius 1 is 1.33 bits per heavy atom. The van der Waals surface area contributed by atoms with Crippen LogP contribution in [0.25, 0.3) is 0 Å². The van der Waals surface area contributed by atoms with Crippen LogP contribution >= 0.6 is 0 Å². The topological polar surface area (TPSA) is 49.3 Å². The first-order valence-electron chi connectivity index (χ1n) is 6.29. The van der Waals surface area contributed by atoms with Crippen molar-refractivity contribution in [1.82, 2.24) is 5.32 Å². The molecular weight excluding hydrogens is 233 g/mol. The van der Waals surface area contributed by atoms with Gasteiger partial charge in [0, 0.05) is 6.04 Å². The number of carboxylic acids is 1. The number of hydrogen-bond acceptors (Lipinski definition) is 2. The smallest absolute Gasteiger partial charge is 0.328 e. The molecule has 1 atom stereocenters. The predicted octanol–water partition coefficient (Wildman–Crippen LogP) is 2.66. The monoisotopic (exact) mass is 251 g/mol. The first-order valence-corrected chi connectivity index (χ1v) is 6.29. The largest absolute Gasteiger partial charge is 0.480 e. The average Bonchev–Trinajstić information content (AvgIpc) is 2.82. The van der Waals surface area contributed by atoms with Gasteiger partial charge in [0.25, 0.3) is 0 Å². The standard InChI is InChI=1S/C14H18FNO2/c1-14(13(17)18,16-12-4-2-3-5-12)10-6-8-11(15)9-7-10/h6-9,12,16H,2-5H2,1H3,(H,17,18). The molecule has 1 fully saturated rings. The van der Waals surface area contributed by atoms with Gasteiger partial charge in [0.05, 0.1) is 0 Å². The van der Waals surface area contributed by atoms with Crippen LogP contribution in [0.5, 0.6) is 0 Å². The lowest BCUT2D eigenvalue weighted by Crippen LogP contribution is -2.50. The molecule has 0 amide bonds. The summed E-state index contributed by atoms with van der Waals surface area (Å²) in [6.07, 6.45) is 4.28. The molecule has 1 saturated carbocycles. The molecule has 1 unspecified atom stereocenters. The van der Waals surface area contributed by atoms with Crippen LogP contribution in [0.15, 0.2) is 24.3 Å². The molecule has 0 bridgehead atoms. The van der Waals surface area contributed by atoms with Gasteiger partial charge in [-0.1, -0.05) is 25.0 Å². The second kappa shape index (κ2) is 5.06. The molecule has 3 nitrogen and oxygen atoms in total. The number of aliphatic carboxylic acids is 1. The van der Waals surface area contributed by atoms with E-state index in [4.69, 9.17) is 0 Å². The van der Waals surface area contributed by atoms with Crippen LogP contribution in [-0.2, 0) is 10.3 Å². The zero-order valence-corrected chi connectivity index (χ0v) is 10.4. The lowest BCUT2D eigenvalue weighted by molar-refractivity contribution is -0.145. The van der Waals surface area contributed by atoms with E-state index in [1.165, 1.54) is 24.3 Å². The molecule has 0 spiro atoms. The molecule has 1 aromatic carbocycles. The number of carboxylic acid groups (broad SMARTS) is 1. The minimum atomic E-state index is -1.15. The van der Waals surface area contributed by atoms with Crippen molar-refractivity contribution >= 4 is 5.97 Å². The zero-order valence-electron chi connectivity index (χ0n) is 10.4. The first kappa shape index (κ1) is 13.0. The molecule has 98 valence electrons. The van der Waals surface area contributed by atoms with Crippen molar-refractivity contribution in [1.29, 1.82) is 0 Å². The van der Waals surface area contributed by atoms with Crippen LogP contribution in [-0.4, -0.2) is 17.1 Å². The van der Waals surface area contributed by atoms with Crippen molar-refractivity contribution in [2.45, 2.75) is 44.2 Å². The SMILES string of the molecule is CC(NC1CCCC1)(C(=O)O)c1ccc(F)cc1. The summed E-state index contributed by atoms with van der Waals surface area (Å²) in [4.78, 5) is 11.5. The van der Waals surface area contributed by atoms with Crippen molar-refractivity contribution in [3.05, 3.63) is 35.6 Å². The third kappa shape index (κ3) is 2.53. The van der Waals surface area contributed by atoms with Gasteiger partial charge < -0.3 is 5.11 Å². The Balaban J connectivity index is 2.25. The van der Waals surface area contributed by atoms with E-state index in [1.807, 2.05) is 0 Å². The highest BCUT2D eigenvalue weighted by Crippen LogP contribution is 2.27. The lowest BCUT2D eigenvalue weighted by Gasteiger charge is -2.30. The fourth-order valence-corrected chi connectivity index (χ4v) is 2.53. The van der Waals surface area contributed by atoms with Gasteiger partial charge in [-0.2, -0.15) is 0 Å². The van der Waals surface area contributed by atoms with Gasteiger partial charge in [0.15, 0.2) is 0 Å². The maximum absolute atomic E-state index is 12.9. The summed E-state index contributed by atoms with van der Waals surface area (Å²) in [7, 11) is 0. The molecule has 18 heavy (non-hydrogen) atoms. The van der Waals surface area contributed by atoms with Crippen LogP contribution in [0.2, 0.25) is 0 Å². The van der Waals surface area contributed by atoms with Crippen molar-refractivity contribution in [2.24, 2.45) is 0 Å². The van der Waals surface area contributed by atoms with E-state index in [0.717, 1.165) is 25.7 Å². The second-order valence-electron chi connectivity index (χ2n) is 5.06. The number of nitrogens with one attached hydrogen (secondary N) is 1. The fourth-order valence-electron chi connectivity index (χ4n) is 2.53. The quantitative estimate of drug-likeness (QED) is 0.865. The number of hydrogen-bond donors (Lipinski definition) is 2. The van der Waals surface area contributed by atoms with Crippen LogP contribution in [0.4, 0.5) is 4.39 Å². The van der Waals surface area contributed by atoms with Gasteiger partial charge >= 0.3 is 5.97 Å². The fraction of sp³-hybridized carbons (Fsp3) is 0.500. The van der Waals surface area contributed by atoms with Gasteiger partial charge in [-0.15, -0.1) is 0 Å². The van der Waals surface area contributed by atoms with E-state index < -0.39 is 11.5 Å². The number of halogens is 1. The Bertz CT molecular complexity index is 426. The van der Waals surface area contributed by atoms with Gasteiger partial charge in [0.1, 0.15) is 11.4 Å². The molecule has 1 aliphatic carbocycles. The summed E-state index contributed by atoms with van der Waals surface area (Å²) >= 11 is 0. The Morgan fingerprint density at radius 3 is 2.39 bits per heavy atom. The van der Waals surface area contributed by atoms with Crippen molar-refractivity contribution < 1.29 is 14.3 Å². The molecule has 0 saturated heterocycles. The van der Waals surface area contributed by atoms with E-state index >= 15 is 0 Å². The Hall–Kier alpha value is -1.42. The van der Waals surface area contributed by atoms with Crippen molar-refractivity contribution in [3.8, 4) is 0 Å². The average molecular weight is 251 g/mol. The molecule has 4 heteroatoms. The highest BCUT2D eigenvalue weighted by atomic mass is 19.1. The number of benzene rings is 1. The minimum Gasteiger partial charge on any atom is -0.480 e. The normalized spacial score (nSPS) is 19.7. The van der Waals surface area contributed by atoms with Crippen LogP contribution in [0.3, 0.4) is 0 Å². The van der Waals surface area contributed by atoms with E-state index in [0.29, 0.717) is 5.56 Å². The van der Waals surface area contributed by atoms with Gasteiger partial charge in [-0.05, 0) is 37.5 Å². The summed E-state index contributed by atoms with van der Waals surface area (Å²) in [6, 6.07) is 5.90. The molecular formula is C14H18FNO2. The Kier molecular flexibility index (Phi) is 3.66. The summed E-state index contributed by atoms with van der Waals surface area (Å²) in [5.74, 6) is -1.28. The van der Waals surface area contributed by atoms with E-state index in [2.05, 4.69) is 5.32 Å². The van der Waals surface area contributed by atoms with E-state index in [-0.39, 0.29) is 11.9 Å². The number of carbonyl (C=O) groups is 1. The maximum atomic E-state index is 12.9. The maximum Gasteiger partial charge on any atom is 0.328 e. The Morgan fingerprint density at radius 2 is 1.89 bits per heavy atom. The van der Waals surface area contributed by atoms with Crippen molar-refractivity contribution in [3.63, 3.8) is 0 Å².